The minimum absolute atomic E-state index is 0.137. The number of hydrogen-bond donors (Lipinski definition) is 2. The van der Waals surface area contributed by atoms with Crippen LogP contribution in [0.2, 0.25) is 0 Å². The van der Waals surface area contributed by atoms with Gasteiger partial charge in [-0.3, -0.25) is 0 Å². The predicted octanol–water partition coefficient (Wildman–Crippen LogP) is -2.01. The van der Waals surface area contributed by atoms with Crippen molar-refractivity contribution in [2.45, 2.75) is 0 Å². The fourth-order valence-electron chi connectivity index (χ4n) is 0.982. The van der Waals surface area contributed by atoms with Crippen molar-refractivity contribution in [3.8, 4) is 0 Å². The van der Waals surface area contributed by atoms with Gasteiger partial charge in [-0.1, -0.05) is 11.8 Å². The van der Waals surface area contributed by atoms with Gasteiger partial charge in [-0.15, -0.1) is 5.10 Å². The van der Waals surface area contributed by atoms with Crippen molar-refractivity contribution in [2.24, 2.45) is 5.10 Å². The second kappa shape index (κ2) is 5.52. The summed E-state index contributed by atoms with van der Waals surface area (Å²) >= 11 is 0.766. The lowest BCUT2D eigenvalue weighted by Crippen LogP contribution is -2.27. The van der Waals surface area contributed by atoms with Gasteiger partial charge in [-0.05, 0) is 0 Å². The molecule has 0 bridgehead atoms. The normalized spacial score (nSPS) is 17.3. The monoisotopic (exact) mass is 304 g/mol. The topological polar surface area (TPSA) is 124 Å². The zero-order valence-corrected chi connectivity index (χ0v) is 11.1. The molecule has 0 aromatic heterocycles. The highest BCUT2D eigenvalue weighted by atomic mass is 32.3. The van der Waals surface area contributed by atoms with E-state index in [0.29, 0.717) is 4.41 Å². The highest BCUT2D eigenvalue weighted by Gasteiger charge is 2.32. The minimum Gasteiger partial charge on any atom is -0.395 e. The maximum Gasteiger partial charge on any atom is 0.252 e. The lowest BCUT2D eigenvalue weighted by atomic mass is 10.9. The summed E-state index contributed by atoms with van der Waals surface area (Å²) in [5.74, 6) is -1.14. The zero-order valence-electron chi connectivity index (χ0n) is 8.68. The first-order chi connectivity index (χ1) is 7.83. The molecule has 0 spiro atoms. The second-order valence-corrected chi connectivity index (χ2v) is 8.25. The Morgan fingerprint density at radius 2 is 1.76 bits per heavy atom. The number of hydrazone groups is 1. The molecule has 100 valence electrons. The van der Waals surface area contributed by atoms with E-state index in [2.05, 4.69) is 5.10 Å². The molecule has 1 rings (SSSR count). The quantitative estimate of drug-likeness (QED) is 0.601. The standard InChI is InChI=1S/C6H12N2O6S3/c9-1-3-16(11,12)6-7-8(5-15-6)17(13,14)4-2-10/h9-10H,1-5H2. The van der Waals surface area contributed by atoms with Crippen molar-refractivity contribution >= 4 is 36.0 Å². The van der Waals surface area contributed by atoms with E-state index in [0.717, 1.165) is 11.8 Å². The first-order valence-electron chi connectivity index (χ1n) is 4.50. The number of rotatable bonds is 5. The lowest BCUT2D eigenvalue weighted by Gasteiger charge is -2.11. The molecule has 2 N–H and O–H groups in total. The van der Waals surface area contributed by atoms with Crippen LogP contribution in [0.1, 0.15) is 0 Å². The summed E-state index contributed by atoms with van der Waals surface area (Å²) in [4.78, 5) is 0. The van der Waals surface area contributed by atoms with E-state index in [9.17, 15) is 16.8 Å². The Labute approximate surface area is 103 Å². The number of sulfone groups is 1. The Bertz CT molecular complexity index is 496. The van der Waals surface area contributed by atoms with Gasteiger partial charge >= 0.3 is 0 Å². The van der Waals surface area contributed by atoms with E-state index in [-0.39, 0.29) is 10.3 Å². The van der Waals surface area contributed by atoms with Gasteiger partial charge in [0.25, 0.3) is 10.0 Å². The van der Waals surface area contributed by atoms with Crippen LogP contribution < -0.4 is 0 Å². The summed E-state index contributed by atoms with van der Waals surface area (Å²) in [5, 5.41) is 20.6. The first-order valence-corrected chi connectivity index (χ1v) is 8.74. The molecule has 0 saturated carbocycles. The number of thioether (sulfide) groups is 1. The Balaban J connectivity index is 2.90. The second-order valence-electron chi connectivity index (χ2n) is 3.04. The lowest BCUT2D eigenvalue weighted by molar-refractivity contribution is 0.316. The molecule has 17 heavy (non-hydrogen) atoms. The molecule has 0 unspecified atom stereocenters. The average molecular weight is 304 g/mol. The molecule has 8 nitrogen and oxygen atoms in total. The maximum atomic E-state index is 11.5. The van der Waals surface area contributed by atoms with Gasteiger partial charge in [0, 0.05) is 0 Å². The Kier molecular flexibility index (Phi) is 4.77. The van der Waals surface area contributed by atoms with Crippen molar-refractivity contribution in [1.29, 1.82) is 0 Å². The summed E-state index contributed by atoms with van der Waals surface area (Å²) in [7, 11) is -7.49. The van der Waals surface area contributed by atoms with Crippen molar-refractivity contribution < 1.29 is 27.0 Å². The highest BCUT2D eigenvalue weighted by molar-refractivity contribution is 8.35. The van der Waals surface area contributed by atoms with Crippen molar-refractivity contribution in [2.75, 3.05) is 30.6 Å². The van der Waals surface area contributed by atoms with E-state index in [1.165, 1.54) is 0 Å². The molecule has 0 saturated heterocycles. The van der Waals surface area contributed by atoms with Crippen LogP contribution in [0, 0.1) is 0 Å². The summed E-state index contributed by atoms with van der Waals surface area (Å²) in [5.41, 5.74) is 0. The van der Waals surface area contributed by atoms with E-state index < -0.39 is 44.6 Å². The van der Waals surface area contributed by atoms with E-state index in [1.54, 1.807) is 0 Å². The van der Waals surface area contributed by atoms with Gasteiger partial charge in [0.1, 0.15) is 5.88 Å². The van der Waals surface area contributed by atoms with Gasteiger partial charge in [-0.2, -0.15) is 4.41 Å². The van der Waals surface area contributed by atoms with E-state index in [1.807, 2.05) is 0 Å². The summed E-state index contributed by atoms with van der Waals surface area (Å²) in [6.07, 6.45) is 0. The minimum atomic E-state index is -3.77. The molecule has 1 aliphatic rings. The van der Waals surface area contributed by atoms with Gasteiger partial charge in [0.05, 0.1) is 24.7 Å². The van der Waals surface area contributed by atoms with Crippen LogP contribution in [0.5, 0.6) is 0 Å². The van der Waals surface area contributed by atoms with Crippen molar-refractivity contribution in [1.82, 2.24) is 4.41 Å². The number of aliphatic hydroxyl groups is 2. The van der Waals surface area contributed by atoms with Crippen LogP contribution in [-0.4, -0.2) is 66.4 Å². The molecule has 11 heteroatoms. The Morgan fingerprint density at radius 3 is 2.29 bits per heavy atom. The third kappa shape index (κ3) is 3.55. The Hall–Kier alpha value is -0.360. The molecule has 0 fully saturated rings. The third-order valence-electron chi connectivity index (χ3n) is 1.79. The van der Waals surface area contributed by atoms with Gasteiger partial charge in [-0.25, -0.2) is 16.8 Å². The van der Waals surface area contributed by atoms with E-state index >= 15 is 0 Å². The molecule has 1 heterocycles. The average Bonchev–Trinajstić information content (AvgIpc) is 2.67. The largest absolute Gasteiger partial charge is 0.395 e. The van der Waals surface area contributed by atoms with Gasteiger partial charge in [0.2, 0.25) is 14.2 Å². The molecule has 0 aliphatic carbocycles. The summed E-state index contributed by atoms with van der Waals surface area (Å²) in [6, 6.07) is 0. The first kappa shape index (κ1) is 14.7. The number of hydrogen-bond acceptors (Lipinski definition) is 8. The third-order valence-corrected chi connectivity index (χ3v) is 6.65. The molecule has 0 amide bonds. The number of nitrogens with zero attached hydrogens (tertiary/aromatic N) is 2. The van der Waals surface area contributed by atoms with Crippen LogP contribution in [0.15, 0.2) is 5.10 Å². The fraction of sp³-hybridized carbons (Fsp3) is 0.833. The molecule has 0 radical (unpaired) electrons. The van der Waals surface area contributed by atoms with Crippen LogP contribution in [0.3, 0.4) is 0 Å². The van der Waals surface area contributed by atoms with Crippen molar-refractivity contribution in [3.63, 3.8) is 0 Å². The van der Waals surface area contributed by atoms with Gasteiger partial charge < -0.3 is 10.2 Å². The molecule has 0 atom stereocenters. The van der Waals surface area contributed by atoms with E-state index in [4.69, 9.17) is 10.2 Å². The van der Waals surface area contributed by atoms with Gasteiger partial charge in [0.15, 0.2) is 0 Å². The number of aliphatic hydroxyl groups excluding tert-OH is 2. The maximum absolute atomic E-state index is 11.5. The summed E-state index contributed by atoms with van der Waals surface area (Å²) in [6.45, 7) is -1.11. The highest BCUT2D eigenvalue weighted by Crippen LogP contribution is 2.24. The molecular weight excluding hydrogens is 292 g/mol. The van der Waals surface area contributed by atoms with Crippen LogP contribution >= 0.6 is 11.8 Å². The van der Waals surface area contributed by atoms with Crippen LogP contribution in [-0.2, 0) is 19.9 Å². The fourth-order valence-corrected chi connectivity index (χ4v) is 4.73. The van der Waals surface area contributed by atoms with Crippen LogP contribution in [0.4, 0.5) is 0 Å². The van der Waals surface area contributed by atoms with Crippen LogP contribution in [0.25, 0.3) is 0 Å². The molecular formula is C6H12N2O6S3. The molecule has 1 aliphatic heterocycles. The molecule has 0 aromatic rings. The predicted molar refractivity (Wildman–Crippen MR) is 63.5 cm³/mol. The number of sulfonamides is 1. The molecule has 0 aromatic carbocycles. The smallest absolute Gasteiger partial charge is 0.252 e. The summed E-state index contributed by atoms with van der Waals surface area (Å²) < 4.78 is 46.2. The zero-order chi connectivity index (χ0) is 13.1. The SMILES string of the molecule is O=S(=O)(CCO)C1=NN(S(=O)(=O)CCO)CS1. The Morgan fingerprint density at radius 1 is 1.18 bits per heavy atom. The van der Waals surface area contributed by atoms with Crippen molar-refractivity contribution in [3.05, 3.63) is 0 Å².